The van der Waals surface area contributed by atoms with Crippen LogP contribution in [0.2, 0.25) is 0 Å². The molecule has 0 amide bonds. The number of carbonyl (C=O) groups is 3. The fourth-order valence-corrected chi connectivity index (χ4v) is 9.29. The van der Waals surface area contributed by atoms with Crippen LogP contribution < -0.4 is 0 Å². The summed E-state index contributed by atoms with van der Waals surface area (Å²) in [5.41, 5.74) is 1.83. The monoisotopic (exact) mass is 864 g/mol. The van der Waals surface area contributed by atoms with Gasteiger partial charge in [0.15, 0.2) is 12.0 Å². The number of hydrogen-bond acceptors (Lipinski definition) is 11. The molecule has 0 radical (unpaired) electrons. The third kappa shape index (κ3) is 15.3. The van der Waals surface area contributed by atoms with E-state index in [9.17, 15) is 14.4 Å². The van der Waals surface area contributed by atoms with Crippen LogP contribution in [-0.4, -0.2) is 78.3 Å². The largest absolute Gasteiger partial charge is 0.462 e. The number of rotatable bonds is 22. The van der Waals surface area contributed by atoms with Gasteiger partial charge in [-0.3, -0.25) is 9.59 Å². The number of nitrogens with zero attached hydrogens (tertiary/aromatic N) is 1. The molecular weight excluding hydrogens is 787 g/mol. The highest BCUT2D eigenvalue weighted by molar-refractivity contribution is 5.78. The second-order valence-corrected chi connectivity index (χ2v) is 18.8. The molecule has 4 aliphatic rings. The normalized spacial score (nSPS) is 30.8. The van der Waals surface area contributed by atoms with Gasteiger partial charge >= 0.3 is 17.9 Å². The fraction of sp³-hybridized carbons (Fsp3) is 0.725. The number of oxazole rings is 1. The van der Waals surface area contributed by atoms with Crippen molar-refractivity contribution in [3.63, 3.8) is 0 Å². The molecule has 0 aromatic carbocycles. The Morgan fingerprint density at radius 2 is 1.60 bits per heavy atom. The van der Waals surface area contributed by atoms with Crippen LogP contribution in [0.5, 0.6) is 0 Å². The van der Waals surface area contributed by atoms with Gasteiger partial charge in [-0.1, -0.05) is 128 Å². The second kappa shape index (κ2) is 24.5. The summed E-state index contributed by atoms with van der Waals surface area (Å²) >= 11 is 0. The molecule has 0 aliphatic carbocycles. The minimum atomic E-state index is -0.851. The first-order chi connectivity index (χ1) is 29.8. The van der Waals surface area contributed by atoms with Gasteiger partial charge in [-0.25, -0.2) is 9.78 Å². The number of unbranched alkanes of at least 4 members (excludes halogenated alkanes) is 12. The van der Waals surface area contributed by atoms with Crippen LogP contribution in [0.15, 0.2) is 52.2 Å². The van der Waals surface area contributed by atoms with Gasteiger partial charge in [0, 0.05) is 45.1 Å². The Hall–Kier alpha value is -3.54. The maximum atomic E-state index is 13.9. The van der Waals surface area contributed by atoms with Gasteiger partial charge in [-0.15, -0.1) is 0 Å². The van der Waals surface area contributed by atoms with E-state index in [1.165, 1.54) is 64.2 Å². The van der Waals surface area contributed by atoms with Crippen LogP contribution >= 0.6 is 0 Å². The molecule has 0 unspecified atom stereocenters. The molecule has 0 spiro atoms. The van der Waals surface area contributed by atoms with Crippen molar-refractivity contribution in [2.24, 2.45) is 17.8 Å². The van der Waals surface area contributed by atoms with E-state index < -0.39 is 36.0 Å². The number of aryl methyl sites for hydroxylation is 1. The van der Waals surface area contributed by atoms with Gasteiger partial charge in [0.05, 0.1) is 12.2 Å². The number of methoxy groups -OCH3 is 1. The van der Waals surface area contributed by atoms with E-state index in [4.69, 9.17) is 32.8 Å². The number of aromatic nitrogens is 1. The summed E-state index contributed by atoms with van der Waals surface area (Å²) in [6.45, 7) is 14.1. The molecule has 1 aromatic rings. The maximum absolute atomic E-state index is 13.9. The number of hydrogen-bond donors (Lipinski definition) is 0. The summed E-state index contributed by atoms with van der Waals surface area (Å²) in [5, 5.41) is 0. The molecule has 5 heterocycles. The van der Waals surface area contributed by atoms with E-state index in [0.29, 0.717) is 31.6 Å². The highest BCUT2D eigenvalue weighted by Crippen LogP contribution is 2.46. The zero-order valence-corrected chi connectivity index (χ0v) is 39.1. The molecule has 11 atom stereocenters. The Balaban J connectivity index is 1.27. The van der Waals surface area contributed by atoms with Crippen LogP contribution in [-0.2, 0) is 42.8 Å². The van der Waals surface area contributed by atoms with Gasteiger partial charge in [0.25, 0.3) is 0 Å². The lowest BCUT2D eigenvalue weighted by molar-refractivity contribution is -0.164. The van der Waals surface area contributed by atoms with Gasteiger partial charge in [0.2, 0.25) is 0 Å². The number of cyclic esters (lactones) is 1. The molecule has 3 fully saturated rings. The molecule has 5 rings (SSSR count). The quantitative estimate of drug-likeness (QED) is 0.0275. The van der Waals surface area contributed by atoms with E-state index in [1.54, 1.807) is 13.4 Å². The van der Waals surface area contributed by atoms with Gasteiger partial charge in [0.1, 0.15) is 42.0 Å². The van der Waals surface area contributed by atoms with Crippen molar-refractivity contribution in [3.8, 4) is 0 Å². The zero-order chi connectivity index (χ0) is 44.6. The first kappa shape index (κ1) is 49.5. The SMILES string of the molecule is CCCCCCCCCCCCCCCC(=O)O[C@H]1C[C@@H]([C@H](C)[C@@H](OC)/C(C)=C/C=C/C(C)=C/c2coc(C)n2)OC(=O)[C@@H]2O[C@H]2C[C@H]2CC(=O)O[C@H](C2)[C@H](C)/C=C/[C@H]2O[C@@]12C. The fourth-order valence-electron chi connectivity index (χ4n) is 9.29. The summed E-state index contributed by atoms with van der Waals surface area (Å²) in [7, 11) is 1.65. The number of allylic oxidation sites excluding steroid dienone is 4. The van der Waals surface area contributed by atoms with Crippen molar-refractivity contribution in [1.29, 1.82) is 0 Å². The van der Waals surface area contributed by atoms with Gasteiger partial charge in [-0.05, 0) is 63.2 Å². The zero-order valence-electron chi connectivity index (χ0n) is 39.1. The molecule has 11 nitrogen and oxygen atoms in total. The highest BCUT2D eigenvalue weighted by Gasteiger charge is 2.59. The lowest BCUT2D eigenvalue weighted by Gasteiger charge is -2.34. The Labute approximate surface area is 371 Å². The third-order valence-corrected chi connectivity index (χ3v) is 13.4. The molecule has 3 saturated heterocycles. The van der Waals surface area contributed by atoms with E-state index in [2.05, 4.69) is 18.0 Å². The Bertz CT molecular complexity index is 1710. The Morgan fingerprint density at radius 3 is 2.24 bits per heavy atom. The maximum Gasteiger partial charge on any atom is 0.338 e. The summed E-state index contributed by atoms with van der Waals surface area (Å²) in [6, 6.07) is 0. The van der Waals surface area contributed by atoms with Crippen molar-refractivity contribution in [3.05, 3.63) is 59.4 Å². The standard InChI is InChI=1S/C51H77NO10/c1-9-10-11-12-13-14-15-16-17-18-19-20-21-25-46(53)61-45-32-42(37(5)48(56-8)36(4)24-22-23-34(2)28-40-33-57-38(6)52-40)60-50(55)49-43(59-49)30-39-29-41(58-47(54)31-39)35(3)26-27-44-51(45,7)62-44/h22-24,26-28,33,35,37,39,41-45,48-49H,9-21,25,29-32H2,1-8H3/b23-22+,27-26+,34-28+,36-24+/t35-,37+,39+,41-,42+,43+,44-,45+,48+,49-,51-/m1/s1. The van der Waals surface area contributed by atoms with Crippen molar-refractivity contribution in [2.75, 3.05) is 7.11 Å². The average Bonchev–Trinajstić information content (AvgIpc) is 4.11. The molecule has 0 saturated carbocycles. The molecule has 4 aliphatic heterocycles. The minimum Gasteiger partial charge on any atom is -0.462 e. The lowest BCUT2D eigenvalue weighted by Crippen LogP contribution is -2.43. The predicted octanol–water partition coefficient (Wildman–Crippen LogP) is 11.1. The van der Waals surface area contributed by atoms with E-state index in [-0.39, 0.29) is 54.4 Å². The van der Waals surface area contributed by atoms with Crippen LogP contribution in [0.1, 0.15) is 169 Å². The smallest absolute Gasteiger partial charge is 0.338 e. The second-order valence-electron chi connectivity index (χ2n) is 18.8. The molecule has 62 heavy (non-hydrogen) atoms. The molecular formula is C51H77NO10. The summed E-state index contributed by atoms with van der Waals surface area (Å²) in [4.78, 5) is 44.6. The van der Waals surface area contributed by atoms with E-state index in [0.717, 1.165) is 36.1 Å². The summed E-state index contributed by atoms with van der Waals surface area (Å²) < 4.78 is 42.3. The first-order valence-electron chi connectivity index (χ1n) is 23.9. The predicted molar refractivity (Wildman–Crippen MR) is 240 cm³/mol. The third-order valence-electron chi connectivity index (χ3n) is 13.4. The molecule has 2 bridgehead atoms. The van der Waals surface area contributed by atoms with Crippen molar-refractivity contribution in [2.45, 2.75) is 212 Å². The van der Waals surface area contributed by atoms with Gasteiger partial charge < -0.3 is 32.8 Å². The Kier molecular flexibility index (Phi) is 19.6. The summed E-state index contributed by atoms with van der Waals surface area (Å²) in [5.74, 6) is -0.712. The highest BCUT2D eigenvalue weighted by atomic mass is 16.7. The minimum absolute atomic E-state index is 0.0425. The molecule has 11 heteroatoms. The number of ether oxygens (including phenoxy) is 6. The van der Waals surface area contributed by atoms with E-state index >= 15 is 0 Å². The van der Waals surface area contributed by atoms with Crippen molar-refractivity contribution in [1.82, 2.24) is 4.98 Å². The lowest BCUT2D eigenvalue weighted by atomic mass is 9.84. The van der Waals surface area contributed by atoms with Crippen LogP contribution in [0.3, 0.4) is 0 Å². The van der Waals surface area contributed by atoms with Gasteiger partial charge in [-0.2, -0.15) is 0 Å². The molecule has 346 valence electrons. The summed E-state index contributed by atoms with van der Waals surface area (Å²) in [6.07, 6.45) is 28.0. The number of epoxide rings is 2. The molecule has 1 aromatic heterocycles. The number of esters is 3. The van der Waals surface area contributed by atoms with E-state index in [1.807, 2.05) is 71.9 Å². The van der Waals surface area contributed by atoms with Crippen molar-refractivity contribution >= 4 is 24.0 Å². The van der Waals surface area contributed by atoms with Crippen LogP contribution in [0.25, 0.3) is 6.08 Å². The average molecular weight is 864 g/mol. The Morgan fingerprint density at radius 1 is 0.935 bits per heavy atom. The number of carbonyl (C=O) groups excluding carboxylic acids is 3. The number of fused-ring (bicyclic) bond motifs is 4. The van der Waals surface area contributed by atoms with Crippen LogP contribution in [0, 0.1) is 24.7 Å². The van der Waals surface area contributed by atoms with Crippen LogP contribution in [0.4, 0.5) is 0 Å². The topological polar surface area (TPSA) is 139 Å². The first-order valence-corrected chi connectivity index (χ1v) is 23.9. The van der Waals surface area contributed by atoms with Crippen molar-refractivity contribution < 1.29 is 47.2 Å². The molecule has 0 N–H and O–H groups in total.